The smallest absolute Gasteiger partial charge is 0.399 e. The monoisotopic (exact) mass is 545 g/mol. The highest BCUT2D eigenvalue weighted by Crippen LogP contribution is 2.32. The lowest BCUT2D eigenvalue weighted by Crippen LogP contribution is -2.31. The number of rotatable bonds is 6. The number of thiazole rings is 1. The summed E-state index contributed by atoms with van der Waals surface area (Å²) in [5.74, 6) is 0.363. The van der Waals surface area contributed by atoms with E-state index >= 15 is 0 Å². The summed E-state index contributed by atoms with van der Waals surface area (Å²) in [4.78, 5) is 12.0. The predicted molar refractivity (Wildman–Crippen MR) is 140 cm³/mol. The molecule has 0 saturated carbocycles. The Morgan fingerprint density at radius 1 is 1.16 bits per heavy atom. The summed E-state index contributed by atoms with van der Waals surface area (Å²) in [6, 6.07) is 7.23. The molecule has 4 heterocycles. The SMILES string of the molecule is CON=Cc1cccc2c1CNC(c1csc(C3CCN(C=Cn4nc(C(F)(F)F)cc4C)CC3)n1)NC2. The Morgan fingerprint density at radius 3 is 2.68 bits per heavy atom. The Hall–Kier alpha value is -3.22. The molecule has 38 heavy (non-hydrogen) atoms. The Labute approximate surface area is 223 Å². The first-order valence-electron chi connectivity index (χ1n) is 12.5. The van der Waals surface area contributed by atoms with E-state index in [4.69, 9.17) is 9.82 Å². The number of likely N-dealkylation sites (tertiary alicyclic amines) is 1. The second-order valence-electron chi connectivity index (χ2n) is 9.43. The number of benzene rings is 1. The summed E-state index contributed by atoms with van der Waals surface area (Å²) in [7, 11) is 1.53. The van der Waals surface area contributed by atoms with Crippen LogP contribution in [0.4, 0.5) is 13.2 Å². The van der Waals surface area contributed by atoms with Gasteiger partial charge < -0.3 is 9.74 Å². The van der Waals surface area contributed by atoms with E-state index in [1.165, 1.54) is 22.9 Å². The van der Waals surface area contributed by atoms with E-state index in [9.17, 15) is 13.2 Å². The lowest BCUT2D eigenvalue weighted by atomic mass is 9.98. The maximum atomic E-state index is 12.9. The third-order valence-corrected chi connectivity index (χ3v) is 7.96. The zero-order valence-electron chi connectivity index (χ0n) is 21.2. The molecular formula is C26H30F3N7OS. The molecule has 2 aromatic heterocycles. The predicted octanol–water partition coefficient (Wildman–Crippen LogP) is 4.85. The van der Waals surface area contributed by atoms with Gasteiger partial charge in [0.2, 0.25) is 0 Å². The van der Waals surface area contributed by atoms with Gasteiger partial charge in [0.05, 0.1) is 16.9 Å². The summed E-state index contributed by atoms with van der Waals surface area (Å²) >= 11 is 1.69. The molecule has 5 rings (SSSR count). The summed E-state index contributed by atoms with van der Waals surface area (Å²) in [5.41, 5.74) is 4.00. The Morgan fingerprint density at radius 2 is 1.95 bits per heavy atom. The van der Waals surface area contributed by atoms with Crippen molar-refractivity contribution in [3.8, 4) is 0 Å². The van der Waals surface area contributed by atoms with Crippen LogP contribution in [0.2, 0.25) is 0 Å². The molecule has 2 N–H and O–H groups in total. The number of piperidine rings is 1. The van der Waals surface area contributed by atoms with Crippen LogP contribution in [0, 0.1) is 6.92 Å². The molecule has 2 aliphatic heterocycles. The number of aromatic nitrogens is 3. The van der Waals surface area contributed by atoms with Gasteiger partial charge in [-0.25, -0.2) is 9.67 Å². The van der Waals surface area contributed by atoms with Gasteiger partial charge in [0.25, 0.3) is 0 Å². The molecule has 0 amide bonds. The van der Waals surface area contributed by atoms with Crippen LogP contribution in [0.5, 0.6) is 0 Å². The molecule has 0 aliphatic carbocycles. The number of fused-ring (bicyclic) bond motifs is 1. The molecule has 1 saturated heterocycles. The van der Waals surface area contributed by atoms with Crippen molar-refractivity contribution in [1.82, 2.24) is 30.3 Å². The maximum absolute atomic E-state index is 12.9. The molecule has 202 valence electrons. The average molecular weight is 546 g/mol. The van der Waals surface area contributed by atoms with Crippen molar-refractivity contribution >= 4 is 23.8 Å². The molecule has 2 aliphatic rings. The highest BCUT2D eigenvalue weighted by atomic mass is 32.1. The van der Waals surface area contributed by atoms with Gasteiger partial charge in [0.15, 0.2) is 5.69 Å². The highest BCUT2D eigenvalue weighted by Gasteiger charge is 2.34. The minimum absolute atomic E-state index is 0.0541. The van der Waals surface area contributed by atoms with E-state index < -0.39 is 11.9 Å². The first-order chi connectivity index (χ1) is 18.3. The van der Waals surface area contributed by atoms with Crippen LogP contribution in [0.1, 0.15) is 63.7 Å². The van der Waals surface area contributed by atoms with Crippen molar-refractivity contribution < 1.29 is 18.0 Å². The quantitative estimate of drug-likeness (QED) is 0.341. The molecule has 1 unspecified atom stereocenters. The number of hydrogen-bond donors (Lipinski definition) is 2. The number of halogens is 3. The number of oxime groups is 1. The minimum Gasteiger partial charge on any atom is -0.399 e. The molecular weight excluding hydrogens is 515 g/mol. The lowest BCUT2D eigenvalue weighted by molar-refractivity contribution is -0.141. The highest BCUT2D eigenvalue weighted by molar-refractivity contribution is 7.09. The van der Waals surface area contributed by atoms with Crippen LogP contribution < -0.4 is 10.6 Å². The van der Waals surface area contributed by atoms with Crippen LogP contribution >= 0.6 is 11.3 Å². The van der Waals surface area contributed by atoms with E-state index in [0.717, 1.165) is 54.8 Å². The van der Waals surface area contributed by atoms with Gasteiger partial charge in [-0.1, -0.05) is 23.4 Å². The number of nitrogens with zero attached hydrogens (tertiary/aromatic N) is 5. The summed E-state index contributed by atoms with van der Waals surface area (Å²) in [5, 5.41) is 18.0. The van der Waals surface area contributed by atoms with Crippen LogP contribution in [0.25, 0.3) is 6.20 Å². The van der Waals surface area contributed by atoms with Crippen LogP contribution in [0.3, 0.4) is 0 Å². The van der Waals surface area contributed by atoms with Gasteiger partial charge >= 0.3 is 6.18 Å². The fraction of sp³-hybridized carbons (Fsp3) is 0.423. The molecule has 1 atom stereocenters. The zero-order valence-corrected chi connectivity index (χ0v) is 22.0. The van der Waals surface area contributed by atoms with Crippen molar-refractivity contribution in [2.24, 2.45) is 5.16 Å². The van der Waals surface area contributed by atoms with Crippen molar-refractivity contribution in [3.63, 3.8) is 0 Å². The Balaban J connectivity index is 1.17. The van der Waals surface area contributed by atoms with Crippen LogP contribution in [-0.4, -0.2) is 46.1 Å². The normalized spacial score (nSPS) is 19.3. The van der Waals surface area contributed by atoms with Gasteiger partial charge in [-0.05, 0) is 37.0 Å². The zero-order chi connectivity index (χ0) is 26.7. The fourth-order valence-electron chi connectivity index (χ4n) is 4.81. The number of aryl methyl sites for hydroxylation is 1. The van der Waals surface area contributed by atoms with Gasteiger partial charge in [-0.2, -0.15) is 18.3 Å². The van der Waals surface area contributed by atoms with Crippen molar-refractivity contribution in [2.75, 3.05) is 20.2 Å². The van der Waals surface area contributed by atoms with E-state index in [1.54, 1.807) is 30.7 Å². The largest absolute Gasteiger partial charge is 0.435 e. The van der Waals surface area contributed by atoms with Crippen LogP contribution in [0.15, 0.2) is 41.0 Å². The van der Waals surface area contributed by atoms with Crippen molar-refractivity contribution in [1.29, 1.82) is 0 Å². The third-order valence-electron chi connectivity index (χ3n) is 6.93. The first kappa shape index (κ1) is 26.4. The van der Waals surface area contributed by atoms with Gasteiger partial charge in [-0.3, -0.25) is 10.6 Å². The maximum Gasteiger partial charge on any atom is 0.435 e. The van der Waals surface area contributed by atoms with Gasteiger partial charge in [0.1, 0.15) is 13.3 Å². The fourth-order valence-corrected chi connectivity index (χ4v) is 5.83. The molecule has 0 radical (unpaired) electrons. The molecule has 1 aromatic carbocycles. The average Bonchev–Trinajstić information content (AvgIpc) is 3.48. The molecule has 8 nitrogen and oxygen atoms in total. The van der Waals surface area contributed by atoms with Crippen LogP contribution in [-0.2, 0) is 24.1 Å². The standard InChI is InChI=1S/C26H30F3N7OS/c1-17-12-23(26(27,28)29)34-36(17)11-10-35-8-6-18(7-9-35)25-33-22(16-38-25)24-30-13-19-4-3-5-20(14-32-37-2)21(19)15-31-24/h3-5,10-12,14,16,18,24,30-31H,6-9,13,15H2,1-2H3. The summed E-state index contributed by atoms with van der Waals surface area (Å²) < 4.78 is 40.0. The Bertz CT molecular complexity index is 1310. The molecule has 1 fully saturated rings. The van der Waals surface area contributed by atoms with Gasteiger partial charge in [-0.15, -0.1) is 11.3 Å². The van der Waals surface area contributed by atoms with E-state index in [0.29, 0.717) is 18.2 Å². The second kappa shape index (κ2) is 11.3. The van der Waals surface area contributed by atoms with Gasteiger partial charge in [0, 0.05) is 61.1 Å². The van der Waals surface area contributed by atoms with Crippen molar-refractivity contribution in [3.05, 3.63) is 74.6 Å². The summed E-state index contributed by atoms with van der Waals surface area (Å²) in [6.07, 6.45) is 2.53. The van der Waals surface area contributed by atoms with E-state index in [-0.39, 0.29) is 6.17 Å². The lowest BCUT2D eigenvalue weighted by Gasteiger charge is -2.30. The molecule has 0 bridgehead atoms. The topological polar surface area (TPSA) is 79.6 Å². The van der Waals surface area contributed by atoms with E-state index in [1.807, 2.05) is 18.3 Å². The second-order valence-corrected chi connectivity index (χ2v) is 10.3. The van der Waals surface area contributed by atoms with Crippen molar-refractivity contribution in [2.45, 2.75) is 51.1 Å². The molecule has 12 heteroatoms. The number of hydrogen-bond acceptors (Lipinski definition) is 8. The Kier molecular flexibility index (Phi) is 7.82. The number of nitrogens with one attached hydrogen (secondary N) is 2. The molecule has 0 spiro atoms. The number of alkyl halides is 3. The minimum atomic E-state index is -4.44. The third kappa shape index (κ3) is 5.92. The molecule has 3 aromatic rings. The van der Waals surface area contributed by atoms with E-state index in [2.05, 4.69) is 37.2 Å². The summed E-state index contributed by atoms with van der Waals surface area (Å²) in [6.45, 7) is 4.65. The first-order valence-corrected chi connectivity index (χ1v) is 13.3.